The summed E-state index contributed by atoms with van der Waals surface area (Å²) in [6.07, 6.45) is 0. The van der Waals surface area contributed by atoms with E-state index in [0.717, 1.165) is 16.7 Å². The van der Waals surface area contributed by atoms with E-state index < -0.39 is 0 Å². The van der Waals surface area contributed by atoms with Gasteiger partial charge >= 0.3 is 0 Å². The van der Waals surface area contributed by atoms with Crippen LogP contribution in [0.3, 0.4) is 0 Å². The van der Waals surface area contributed by atoms with Gasteiger partial charge in [-0.25, -0.2) is 0 Å². The van der Waals surface area contributed by atoms with Gasteiger partial charge in [0.2, 0.25) is 11.8 Å². The van der Waals surface area contributed by atoms with E-state index in [2.05, 4.69) is 11.4 Å². The molecule has 0 bridgehead atoms. The molecule has 3 rings (SSSR count). The second-order valence-electron chi connectivity index (χ2n) is 8.08. The Kier molecular flexibility index (Phi) is 8.67. The van der Waals surface area contributed by atoms with Gasteiger partial charge in [0.25, 0.3) is 0 Å². The average Bonchev–Trinajstić information content (AvgIpc) is 2.78. The summed E-state index contributed by atoms with van der Waals surface area (Å²) < 4.78 is 0. The van der Waals surface area contributed by atoms with E-state index in [-0.39, 0.29) is 31.4 Å². The lowest BCUT2D eigenvalue weighted by Crippen LogP contribution is -2.41. The third-order valence-electron chi connectivity index (χ3n) is 4.94. The van der Waals surface area contributed by atoms with Gasteiger partial charge in [-0.3, -0.25) is 9.59 Å². The van der Waals surface area contributed by atoms with E-state index in [1.165, 1.54) is 4.90 Å². The summed E-state index contributed by atoms with van der Waals surface area (Å²) in [6, 6.07) is 22.0. The van der Waals surface area contributed by atoms with Gasteiger partial charge in [0, 0.05) is 22.3 Å². The van der Waals surface area contributed by atoms with Gasteiger partial charge < -0.3 is 15.1 Å². The summed E-state index contributed by atoms with van der Waals surface area (Å²) in [6.45, 7) is 0.326. The van der Waals surface area contributed by atoms with E-state index in [9.17, 15) is 9.59 Å². The summed E-state index contributed by atoms with van der Waals surface area (Å²) in [5, 5.41) is 12.7. The second kappa shape index (κ2) is 11.7. The fourth-order valence-corrected chi connectivity index (χ4v) is 3.92. The molecule has 2 amide bonds. The smallest absolute Gasteiger partial charge is 0.244 e. The lowest BCUT2D eigenvalue weighted by molar-refractivity contribution is -0.135. The standard InChI is InChI=1S/C26H24Cl2N4O2/c1-31(2)17-26(34)32(16-25(33)30-24-12-22(27)11-23(28)13-24)15-18-6-8-20(9-7-18)21-5-3-4-19(10-21)14-29/h3-13H,15-17H2,1-2H3,(H,30,33). The van der Waals surface area contributed by atoms with Crippen LogP contribution in [0.2, 0.25) is 10.0 Å². The van der Waals surface area contributed by atoms with Crippen LogP contribution in [-0.4, -0.2) is 48.8 Å². The molecular formula is C26H24Cl2N4O2. The van der Waals surface area contributed by atoms with Crippen molar-refractivity contribution in [2.24, 2.45) is 0 Å². The molecule has 8 heteroatoms. The van der Waals surface area contributed by atoms with Gasteiger partial charge in [-0.2, -0.15) is 5.26 Å². The van der Waals surface area contributed by atoms with Crippen molar-refractivity contribution in [2.75, 3.05) is 32.5 Å². The zero-order valence-corrected chi connectivity index (χ0v) is 20.4. The lowest BCUT2D eigenvalue weighted by atomic mass is 10.0. The van der Waals surface area contributed by atoms with E-state index >= 15 is 0 Å². The third kappa shape index (κ3) is 7.32. The molecule has 3 aromatic rings. The fourth-order valence-electron chi connectivity index (χ4n) is 3.39. The van der Waals surface area contributed by atoms with Gasteiger partial charge in [0.05, 0.1) is 18.2 Å². The molecule has 0 unspecified atom stereocenters. The van der Waals surface area contributed by atoms with Gasteiger partial charge in [-0.15, -0.1) is 0 Å². The van der Waals surface area contributed by atoms with Crippen molar-refractivity contribution in [3.63, 3.8) is 0 Å². The molecule has 0 aliphatic heterocycles. The summed E-state index contributed by atoms with van der Waals surface area (Å²) in [5.41, 5.74) is 3.83. The normalized spacial score (nSPS) is 10.6. The summed E-state index contributed by atoms with van der Waals surface area (Å²) >= 11 is 12.0. The number of anilines is 1. The Morgan fingerprint density at radius 2 is 1.59 bits per heavy atom. The lowest BCUT2D eigenvalue weighted by Gasteiger charge is -2.24. The molecule has 0 spiro atoms. The maximum Gasteiger partial charge on any atom is 0.244 e. The van der Waals surface area contributed by atoms with Crippen molar-refractivity contribution in [1.82, 2.24) is 9.80 Å². The minimum atomic E-state index is -0.352. The topological polar surface area (TPSA) is 76.4 Å². The number of carbonyl (C=O) groups is 2. The summed E-state index contributed by atoms with van der Waals surface area (Å²) in [7, 11) is 3.60. The Hall–Kier alpha value is -3.37. The number of benzene rings is 3. The van der Waals surface area contributed by atoms with E-state index in [1.54, 1.807) is 43.3 Å². The number of hydrogen-bond acceptors (Lipinski definition) is 4. The van der Waals surface area contributed by atoms with E-state index in [1.807, 2.05) is 42.5 Å². The van der Waals surface area contributed by atoms with E-state index in [4.69, 9.17) is 28.5 Å². The van der Waals surface area contributed by atoms with Crippen molar-refractivity contribution in [3.8, 4) is 17.2 Å². The zero-order valence-electron chi connectivity index (χ0n) is 18.9. The monoisotopic (exact) mass is 494 g/mol. The number of nitriles is 1. The highest BCUT2D eigenvalue weighted by Gasteiger charge is 2.19. The van der Waals surface area contributed by atoms with Gasteiger partial charge in [-0.1, -0.05) is 59.6 Å². The molecule has 0 saturated carbocycles. The Labute approximate surface area is 209 Å². The molecule has 0 atom stereocenters. The number of nitrogens with one attached hydrogen (secondary N) is 1. The molecule has 0 heterocycles. The van der Waals surface area contributed by atoms with Gasteiger partial charge in [0.15, 0.2) is 0 Å². The number of likely N-dealkylation sites (N-methyl/N-ethyl adjacent to an activating group) is 1. The number of rotatable bonds is 8. The summed E-state index contributed by atoms with van der Waals surface area (Å²) in [5.74, 6) is -0.523. The van der Waals surface area contributed by atoms with Crippen LogP contribution in [0.15, 0.2) is 66.7 Å². The first-order valence-corrected chi connectivity index (χ1v) is 11.3. The Bertz CT molecular complexity index is 1200. The molecule has 1 N–H and O–H groups in total. The predicted octanol–water partition coefficient (Wildman–Crippen LogP) is 5.06. The van der Waals surface area contributed by atoms with Crippen LogP contribution in [0.4, 0.5) is 5.69 Å². The molecule has 0 aromatic heterocycles. The molecule has 34 heavy (non-hydrogen) atoms. The maximum atomic E-state index is 12.8. The Morgan fingerprint density at radius 3 is 2.21 bits per heavy atom. The number of halogens is 2. The molecule has 3 aromatic carbocycles. The Morgan fingerprint density at radius 1 is 0.912 bits per heavy atom. The average molecular weight is 495 g/mol. The summed E-state index contributed by atoms with van der Waals surface area (Å²) in [4.78, 5) is 28.8. The van der Waals surface area contributed by atoms with Crippen LogP contribution in [-0.2, 0) is 16.1 Å². The molecule has 0 fully saturated rings. The van der Waals surface area contributed by atoms with Crippen LogP contribution in [0.5, 0.6) is 0 Å². The number of hydrogen-bond donors (Lipinski definition) is 1. The van der Waals surface area contributed by atoms with Crippen molar-refractivity contribution >= 4 is 40.7 Å². The SMILES string of the molecule is CN(C)CC(=O)N(CC(=O)Nc1cc(Cl)cc(Cl)c1)Cc1ccc(-c2cccc(C#N)c2)cc1. The predicted molar refractivity (Wildman–Crippen MR) is 136 cm³/mol. The fraction of sp³-hybridized carbons (Fsp3) is 0.192. The van der Waals surface area contributed by atoms with Crippen molar-refractivity contribution < 1.29 is 9.59 Å². The van der Waals surface area contributed by atoms with E-state index in [0.29, 0.717) is 21.3 Å². The van der Waals surface area contributed by atoms with Gasteiger partial charge in [-0.05, 0) is 61.1 Å². The zero-order chi connectivity index (χ0) is 24.7. The highest BCUT2D eigenvalue weighted by atomic mass is 35.5. The quantitative estimate of drug-likeness (QED) is 0.474. The van der Waals surface area contributed by atoms with Crippen LogP contribution in [0.25, 0.3) is 11.1 Å². The Balaban J connectivity index is 1.74. The van der Waals surface area contributed by atoms with Crippen molar-refractivity contribution in [1.29, 1.82) is 5.26 Å². The number of carbonyl (C=O) groups excluding carboxylic acids is 2. The number of amides is 2. The third-order valence-corrected chi connectivity index (χ3v) is 5.37. The maximum absolute atomic E-state index is 12.8. The minimum Gasteiger partial charge on any atom is -0.328 e. The second-order valence-corrected chi connectivity index (χ2v) is 8.96. The molecule has 0 radical (unpaired) electrons. The first-order valence-electron chi connectivity index (χ1n) is 10.5. The first kappa shape index (κ1) is 25.3. The molecule has 0 saturated heterocycles. The largest absolute Gasteiger partial charge is 0.328 e. The molecule has 0 aliphatic carbocycles. The molecule has 174 valence electrons. The number of nitrogens with zero attached hydrogens (tertiary/aromatic N) is 3. The van der Waals surface area contributed by atoms with Crippen LogP contribution in [0.1, 0.15) is 11.1 Å². The van der Waals surface area contributed by atoms with Crippen molar-refractivity contribution in [3.05, 3.63) is 87.9 Å². The highest BCUT2D eigenvalue weighted by Crippen LogP contribution is 2.23. The van der Waals surface area contributed by atoms with Crippen LogP contribution >= 0.6 is 23.2 Å². The first-order chi connectivity index (χ1) is 16.2. The van der Waals surface area contributed by atoms with Crippen LogP contribution < -0.4 is 5.32 Å². The molecule has 6 nitrogen and oxygen atoms in total. The molecule has 0 aliphatic rings. The minimum absolute atomic E-state index is 0.122. The molecular weight excluding hydrogens is 471 g/mol. The van der Waals surface area contributed by atoms with Crippen molar-refractivity contribution in [2.45, 2.75) is 6.54 Å². The highest BCUT2D eigenvalue weighted by molar-refractivity contribution is 6.35. The van der Waals surface area contributed by atoms with Crippen LogP contribution in [0, 0.1) is 11.3 Å². The van der Waals surface area contributed by atoms with Gasteiger partial charge in [0.1, 0.15) is 6.54 Å².